The van der Waals surface area contributed by atoms with Gasteiger partial charge in [-0.05, 0) is 15.9 Å². The summed E-state index contributed by atoms with van der Waals surface area (Å²) >= 11 is 3.99. The van der Waals surface area contributed by atoms with Crippen LogP contribution in [0.4, 0.5) is 4.39 Å². The van der Waals surface area contributed by atoms with E-state index in [1.165, 1.54) is 12.5 Å². The zero-order valence-corrected chi connectivity index (χ0v) is 10.3. The predicted molar refractivity (Wildman–Crippen MR) is 57.6 cm³/mol. The number of thiophene rings is 1. The number of rotatable bonds is 4. The Bertz CT molecular complexity index is 389. The molecule has 0 fully saturated rings. The Balaban J connectivity index is 2.62. The van der Waals surface area contributed by atoms with Gasteiger partial charge in [-0.15, -0.1) is 11.3 Å². The van der Waals surface area contributed by atoms with Gasteiger partial charge >= 0.3 is 5.97 Å². The van der Waals surface area contributed by atoms with Gasteiger partial charge < -0.3 is 4.74 Å². The molecule has 0 amide bonds. The number of methoxy groups -OCH3 is 1. The van der Waals surface area contributed by atoms with Gasteiger partial charge in [0, 0.05) is 11.8 Å². The quantitative estimate of drug-likeness (QED) is 0.633. The summed E-state index contributed by atoms with van der Waals surface area (Å²) < 4.78 is 17.9. The second-order valence-corrected chi connectivity index (χ2v) is 4.46. The molecule has 0 radical (unpaired) electrons. The van der Waals surface area contributed by atoms with Crippen LogP contribution in [0.15, 0.2) is 9.85 Å². The van der Waals surface area contributed by atoms with Crippen LogP contribution < -0.4 is 0 Å². The lowest BCUT2D eigenvalue weighted by Crippen LogP contribution is -2.05. The fourth-order valence-electron chi connectivity index (χ4n) is 0.942. The lowest BCUT2D eigenvalue weighted by Gasteiger charge is -1.97. The fourth-order valence-corrected chi connectivity index (χ4v) is 2.32. The Kier molecular flexibility index (Phi) is 4.41. The van der Waals surface area contributed by atoms with Crippen LogP contribution in [0.1, 0.15) is 22.5 Å². The highest BCUT2D eigenvalue weighted by Crippen LogP contribution is 2.26. The molecule has 3 nitrogen and oxygen atoms in total. The monoisotopic (exact) mass is 294 g/mol. The van der Waals surface area contributed by atoms with Crippen molar-refractivity contribution in [3.63, 3.8) is 0 Å². The Morgan fingerprint density at radius 2 is 2.20 bits per heavy atom. The van der Waals surface area contributed by atoms with Crippen molar-refractivity contribution in [3.8, 4) is 0 Å². The fraction of sp³-hybridized carbons (Fsp3) is 0.333. The van der Waals surface area contributed by atoms with Crippen LogP contribution in [0.3, 0.4) is 0 Å². The smallest absolute Gasteiger partial charge is 0.305 e. The molecule has 0 atom stereocenters. The minimum absolute atomic E-state index is 0.0235. The first-order valence-corrected chi connectivity index (χ1v) is 5.76. The van der Waals surface area contributed by atoms with E-state index in [4.69, 9.17) is 0 Å². The molecule has 0 aromatic carbocycles. The summed E-state index contributed by atoms with van der Waals surface area (Å²) in [7, 11) is 1.25. The first kappa shape index (κ1) is 12.3. The Labute approximate surface area is 98.4 Å². The van der Waals surface area contributed by atoms with Gasteiger partial charge in [0.05, 0.1) is 18.0 Å². The summed E-state index contributed by atoms with van der Waals surface area (Å²) in [6.45, 7) is 0. The van der Waals surface area contributed by atoms with Gasteiger partial charge in [-0.2, -0.15) is 0 Å². The third kappa shape index (κ3) is 3.10. The molecule has 1 aromatic heterocycles. The van der Waals surface area contributed by atoms with E-state index in [2.05, 4.69) is 20.7 Å². The van der Waals surface area contributed by atoms with E-state index < -0.39 is 11.8 Å². The zero-order valence-electron chi connectivity index (χ0n) is 7.88. The second-order valence-electron chi connectivity index (χ2n) is 2.73. The van der Waals surface area contributed by atoms with Gasteiger partial charge in [0.15, 0.2) is 11.6 Å². The summed E-state index contributed by atoms with van der Waals surface area (Å²) in [5, 5.41) is 1.50. The third-order valence-electron chi connectivity index (χ3n) is 1.73. The number of hydrogen-bond acceptors (Lipinski definition) is 4. The highest BCUT2D eigenvalue weighted by atomic mass is 79.9. The number of halogens is 2. The van der Waals surface area contributed by atoms with Crippen molar-refractivity contribution in [2.45, 2.75) is 12.8 Å². The first-order chi connectivity index (χ1) is 7.06. The van der Waals surface area contributed by atoms with Crippen molar-refractivity contribution in [1.29, 1.82) is 0 Å². The molecule has 0 saturated carbocycles. The molecule has 1 aromatic rings. The topological polar surface area (TPSA) is 43.4 Å². The number of ether oxygens (including phenoxy) is 1. The number of carbonyl (C=O) groups is 2. The molecule has 0 saturated heterocycles. The second kappa shape index (κ2) is 5.37. The number of esters is 1. The molecule has 0 unspecified atom stereocenters. The molecule has 1 heterocycles. The molecule has 1 rings (SSSR count). The van der Waals surface area contributed by atoms with E-state index in [-0.39, 0.29) is 28.0 Å². The van der Waals surface area contributed by atoms with Crippen molar-refractivity contribution in [1.82, 2.24) is 0 Å². The minimum Gasteiger partial charge on any atom is -0.469 e. The molecule has 0 aliphatic heterocycles. The van der Waals surface area contributed by atoms with Crippen molar-refractivity contribution < 1.29 is 18.7 Å². The minimum atomic E-state index is -0.560. The summed E-state index contributed by atoms with van der Waals surface area (Å²) in [5.41, 5.74) is 0. The van der Waals surface area contributed by atoms with E-state index in [1.54, 1.807) is 0 Å². The van der Waals surface area contributed by atoms with Crippen LogP contribution in [-0.4, -0.2) is 18.9 Å². The lowest BCUT2D eigenvalue weighted by atomic mass is 10.2. The Hall–Kier alpha value is -0.750. The first-order valence-electron chi connectivity index (χ1n) is 4.08. The van der Waals surface area contributed by atoms with E-state index in [1.807, 2.05) is 0 Å². The van der Waals surface area contributed by atoms with Crippen LogP contribution >= 0.6 is 27.3 Å². The van der Waals surface area contributed by atoms with Gasteiger partial charge in [-0.1, -0.05) is 0 Å². The molecule has 0 bridgehead atoms. The van der Waals surface area contributed by atoms with E-state index in [0.717, 1.165) is 11.3 Å². The molecule has 0 aliphatic carbocycles. The number of ketones is 1. The third-order valence-corrected chi connectivity index (χ3v) is 3.60. The lowest BCUT2D eigenvalue weighted by molar-refractivity contribution is -0.140. The van der Waals surface area contributed by atoms with Gasteiger partial charge in [-0.25, -0.2) is 4.39 Å². The van der Waals surface area contributed by atoms with E-state index >= 15 is 0 Å². The summed E-state index contributed by atoms with van der Waals surface area (Å²) in [5.74, 6) is -1.41. The maximum Gasteiger partial charge on any atom is 0.305 e. The van der Waals surface area contributed by atoms with Gasteiger partial charge in [0.2, 0.25) is 0 Å². The van der Waals surface area contributed by atoms with Crippen LogP contribution in [0, 0.1) is 5.82 Å². The predicted octanol–water partition coefficient (Wildman–Crippen LogP) is 2.79. The summed E-state index contributed by atoms with van der Waals surface area (Å²) in [6.07, 6.45) is -0.0547. The van der Waals surface area contributed by atoms with Crippen LogP contribution in [0.5, 0.6) is 0 Å². The van der Waals surface area contributed by atoms with Crippen molar-refractivity contribution in [3.05, 3.63) is 20.5 Å². The normalized spacial score (nSPS) is 10.1. The van der Waals surface area contributed by atoms with E-state index in [9.17, 15) is 14.0 Å². The Morgan fingerprint density at radius 1 is 1.53 bits per heavy atom. The number of Topliss-reactive ketones (excluding diaryl/α,β-unsaturated/α-hetero) is 1. The largest absolute Gasteiger partial charge is 0.469 e. The maximum absolute atomic E-state index is 13.2. The SMILES string of the molecule is COC(=O)CCC(=O)c1scc(Br)c1F. The van der Waals surface area contributed by atoms with Crippen molar-refractivity contribution in [2.75, 3.05) is 7.11 Å². The van der Waals surface area contributed by atoms with Crippen molar-refractivity contribution in [2.24, 2.45) is 0 Å². The summed E-state index contributed by atoms with van der Waals surface area (Å²) in [4.78, 5) is 22.3. The van der Waals surface area contributed by atoms with Crippen LogP contribution in [0.25, 0.3) is 0 Å². The molecule has 15 heavy (non-hydrogen) atoms. The molecule has 0 aliphatic rings. The van der Waals surface area contributed by atoms with Gasteiger partial charge in [0.25, 0.3) is 0 Å². The molecule has 0 N–H and O–H groups in total. The van der Waals surface area contributed by atoms with Crippen LogP contribution in [0.2, 0.25) is 0 Å². The van der Waals surface area contributed by atoms with Gasteiger partial charge in [0.1, 0.15) is 4.88 Å². The Morgan fingerprint density at radius 3 is 2.67 bits per heavy atom. The van der Waals surface area contributed by atoms with E-state index in [0.29, 0.717) is 0 Å². The highest BCUT2D eigenvalue weighted by molar-refractivity contribution is 9.10. The van der Waals surface area contributed by atoms with Gasteiger partial charge in [-0.3, -0.25) is 9.59 Å². The zero-order chi connectivity index (χ0) is 11.4. The van der Waals surface area contributed by atoms with Crippen molar-refractivity contribution >= 4 is 39.0 Å². The maximum atomic E-state index is 13.2. The highest BCUT2D eigenvalue weighted by Gasteiger charge is 2.17. The molecule has 82 valence electrons. The molecular formula is C9H8BrFO3S. The number of hydrogen-bond donors (Lipinski definition) is 0. The van der Waals surface area contributed by atoms with Crippen LogP contribution in [-0.2, 0) is 9.53 Å². The number of carbonyl (C=O) groups excluding carboxylic acids is 2. The standard InChI is InChI=1S/C9H8BrFO3S/c1-14-7(13)3-2-6(12)9-8(11)5(10)4-15-9/h4H,2-3H2,1H3. The molecule has 6 heteroatoms. The molecule has 0 spiro atoms. The average molecular weight is 295 g/mol. The summed E-state index contributed by atoms with van der Waals surface area (Å²) in [6, 6.07) is 0. The average Bonchev–Trinajstić information content (AvgIpc) is 2.56. The molecular weight excluding hydrogens is 287 g/mol.